The second kappa shape index (κ2) is 8.61. The largest absolute Gasteiger partial charge is 0.320 e. The molecular formula is C24H26N6S. The standard InChI is InChI=1S/C24H26N6S/c1-27-23(21-9-7-20(8-10-21)19-5-3-2-4-6-19)15-29(24(27)31)18-28-13-11-22(12-14-28)30-17-25-16-26-30/h2-10,15-17,22H,11-14,18H2,1H3. The van der Waals surface area contributed by atoms with Gasteiger partial charge in [-0.1, -0.05) is 54.6 Å². The molecular weight excluding hydrogens is 404 g/mol. The molecule has 1 aliphatic rings. The quantitative estimate of drug-likeness (QED) is 0.428. The average molecular weight is 431 g/mol. The van der Waals surface area contributed by atoms with Gasteiger partial charge in [-0.2, -0.15) is 5.10 Å². The van der Waals surface area contributed by atoms with Gasteiger partial charge in [0.15, 0.2) is 4.77 Å². The molecule has 0 amide bonds. The summed E-state index contributed by atoms with van der Waals surface area (Å²) in [5.74, 6) is 0. The summed E-state index contributed by atoms with van der Waals surface area (Å²) in [5.41, 5.74) is 4.77. The Kier molecular flexibility index (Phi) is 5.53. The highest BCUT2D eigenvalue weighted by Crippen LogP contribution is 2.26. The van der Waals surface area contributed by atoms with E-state index in [1.807, 2.05) is 17.1 Å². The lowest BCUT2D eigenvalue weighted by atomic mass is 10.0. The van der Waals surface area contributed by atoms with Crippen LogP contribution in [-0.2, 0) is 13.7 Å². The van der Waals surface area contributed by atoms with Crippen molar-refractivity contribution in [1.29, 1.82) is 0 Å². The number of piperidine rings is 1. The van der Waals surface area contributed by atoms with Crippen molar-refractivity contribution in [2.75, 3.05) is 13.1 Å². The SMILES string of the molecule is Cn1c(-c2ccc(-c3ccccc3)cc2)cn(CN2CCC(n3cncn3)CC2)c1=S. The Labute approximate surface area is 187 Å². The molecule has 0 radical (unpaired) electrons. The molecule has 0 aliphatic carbocycles. The van der Waals surface area contributed by atoms with Crippen molar-refractivity contribution < 1.29 is 0 Å². The predicted octanol–water partition coefficient (Wildman–Crippen LogP) is 4.78. The Hall–Kier alpha value is -3.03. The Balaban J connectivity index is 1.30. The molecule has 1 saturated heterocycles. The van der Waals surface area contributed by atoms with Crippen LogP contribution in [0.5, 0.6) is 0 Å². The molecule has 7 heteroatoms. The van der Waals surface area contributed by atoms with Gasteiger partial charge in [-0.15, -0.1) is 0 Å². The van der Waals surface area contributed by atoms with Crippen molar-refractivity contribution >= 4 is 12.2 Å². The van der Waals surface area contributed by atoms with Crippen molar-refractivity contribution in [3.63, 3.8) is 0 Å². The lowest BCUT2D eigenvalue weighted by molar-refractivity contribution is 0.144. The van der Waals surface area contributed by atoms with Gasteiger partial charge in [0.25, 0.3) is 0 Å². The van der Waals surface area contributed by atoms with Crippen molar-refractivity contribution in [3.05, 3.63) is 78.2 Å². The lowest BCUT2D eigenvalue weighted by Crippen LogP contribution is -2.36. The maximum atomic E-state index is 5.75. The number of imidazole rings is 1. The number of hydrogen-bond acceptors (Lipinski definition) is 4. The Morgan fingerprint density at radius 3 is 2.29 bits per heavy atom. The fraction of sp³-hybridized carbons (Fsp3) is 0.292. The average Bonchev–Trinajstić information content (AvgIpc) is 3.45. The fourth-order valence-electron chi connectivity index (χ4n) is 4.37. The molecule has 0 spiro atoms. The Bertz CT molecular complexity index is 1180. The van der Waals surface area contributed by atoms with E-state index >= 15 is 0 Å². The van der Waals surface area contributed by atoms with Crippen molar-refractivity contribution in [2.24, 2.45) is 7.05 Å². The van der Waals surface area contributed by atoms with E-state index in [4.69, 9.17) is 12.2 Å². The van der Waals surface area contributed by atoms with Gasteiger partial charge in [0, 0.05) is 26.3 Å². The Morgan fingerprint density at radius 1 is 0.935 bits per heavy atom. The monoisotopic (exact) mass is 430 g/mol. The summed E-state index contributed by atoms with van der Waals surface area (Å²) in [7, 11) is 2.05. The summed E-state index contributed by atoms with van der Waals surface area (Å²) < 4.78 is 7.13. The second-order valence-corrected chi connectivity index (χ2v) is 8.50. The van der Waals surface area contributed by atoms with Gasteiger partial charge < -0.3 is 9.13 Å². The number of aromatic nitrogens is 5. The number of hydrogen-bond donors (Lipinski definition) is 0. The van der Waals surface area contributed by atoms with Crippen LogP contribution in [0, 0.1) is 4.77 Å². The molecule has 1 fully saturated rings. The van der Waals surface area contributed by atoms with Gasteiger partial charge in [-0.3, -0.25) is 4.90 Å². The number of likely N-dealkylation sites (tertiary alicyclic amines) is 1. The molecule has 5 rings (SSSR count). The first-order chi connectivity index (χ1) is 15.2. The predicted molar refractivity (Wildman–Crippen MR) is 125 cm³/mol. The zero-order chi connectivity index (χ0) is 21.2. The number of nitrogens with zero attached hydrogens (tertiary/aromatic N) is 6. The summed E-state index contributed by atoms with van der Waals surface area (Å²) in [5, 5.41) is 4.30. The maximum absolute atomic E-state index is 5.75. The van der Waals surface area contributed by atoms with E-state index in [9.17, 15) is 0 Å². The van der Waals surface area contributed by atoms with Gasteiger partial charge >= 0.3 is 0 Å². The van der Waals surface area contributed by atoms with Crippen molar-refractivity contribution in [2.45, 2.75) is 25.6 Å². The van der Waals surface area contributed by atoms with E-state index in [-0.39, 0.29) is 0 Å². The maximum Gasteiger partial charge on any atom is 0.181 e. The molecule has 0 N–H and O–H groups in total. The van der Waals surface area contributed by atoms with Gasteiger partial charge in [-0.25, -0.2) is 9.67 Å². The number of benzene rings is 2. The molecule has 0 saturated carbocycles. The molecule has 0 bridgehead atoms. The van der Waals surface area contributed by atoms with Crippen LogP contribution in [-0.4, -0.2) is 41.9 Å². The van der Waals surface area contributed by atoms with E-state index < -0.39 is 0 Å². The van der Waals surface area contributed by atoms with E-state index in [1.165, 1.54) is 16.7 Å². The number of rotatable bonds is 5. The second-order valence-electron chi connectivity index (χ2n) is 8.14. The van der Waals surface area contributed by atoms with Crippen LogP contribution in [0.15, 0.2) is 73.4 Å². The third-order valence-corrected chi connectivity index (χ3v) is 6.69. The molecule has 0 atom stereocenters. The van der Waals surface area contributed by atoms with E-state index in [0.29, 0.717) is 6.04 Å². The summed E-state index contributed by atoms with van der Waals surface area (Å²) in [6.07, 6.45) is 7.78. The topological polar surface area (TPSA) is 43.8 Å². The molecule has 0 unspecified atom stereocenters. The molecule has 2 aromatic carbocycles. The minimum Gasteiger partial charge on any atom is -0.320 e. The summed E-state index contributed by atoms with van der Waals surface area (Å²) >= 11 is 5.75. The van der Waals surface area contributed by atoms with Gasteiger partial charge in [0.05, 0.1) is 18.4 Å². The molecule has 4 aromatic rings. The summed E-state index contributed by atoms with van der Waals surface area (Å²) in [4.78, 5) is 6.54. The first kappa shape index (κ1) is 19.9. The van der Waals surface area contributed by atoms with Crippen LogP contribution in [0.25, 0.3) is 22.4 Å². The van der Waals surface area contributed by atoms with Gasteiger partial charge in [0.1, 0.15) is 12.7 Å². The fourth-order valence-corrected chi connectivity index (χ4v) is 4.57. The third-order valence-electron chi connectivity index (χ3n) is 6.18. The third kappa shape index (κ3) is 4.11. The van der Waals surface area contributed by atoms with Gasteiger partial charge in [0.2, 0.25) is 0 Å². The van der Waals surface area contributed by atoms with Crippen LogP contribution in [0.2, 0.25) is 0 Å². The highest BCUT2D eigenvalue weighted by Gasteiger charge is 2.21. The van der Waals surface area contributed by atoms with E-state index in [2.05, 4.69) is 85.9 Å². The molecule has 3 heterocycles. The normalized spacial score (nSPS) is 15.4. The summed E-state index contributed by atoms with van der Waals surface area (Å²) in [6.45, 7) is 2.88. The smallest absolute Gasteiger partial charge is 0.181 e. The minimum absolute atomic E-state index is 0.446. The molecule has 31 heavy (non-hydrogen) atoms. The molecule has 6 nitrogen and oxygen atoms in total. The lowest BCUT2D eigenvalue weighted by Gasteiger charge is -2.31. The van der Waals surface area contributed by atoms with Gasteiger partial charge in [-0.05, 0) is 41.7 Å². The summed E-state index contributed by atoms with van der Waals surface area (Å²) in [6, 6.07) is 19.6. The first-order valence-electron chi connectivity index (χ1n) is 10.7. The van der Waals surface area contributed by atoms with Crippen LogP contribution in [0.1, 0.15) is 18.9 Å². The van der Waals surface area contributed by atoms with E-state index in [1.54, 1.807) is 6.33 Å². The van der Waals surface area contributed by atoms with Crippen molar-refractivity contribution in [3.8, 4) is 22.4 Å². The molecule has 158 valence electrons. The zero-order valence-corrected chi connectivity index (χ0v) is 18.4. The minimum atomic E-state index is 0.446. The molecule has 2 aromatic heterocycles. The highest BCUT2D eigenvalue weighted by atomic mass is 32.1. The Morgan fingerprint density at radius 2 is 1.61 bits per heavy atom. The van der Waals surface area contributed by atoms with Crippen LogP contribution in [0.4, 0.5) is 0 Å². The van der Waals surface area contributed by atoms with Crippen LogP contribution in [0.3, 0.4) is 0 Å². The van der Waals surface area contributed by atoms with Crippen LogP contribution < -0.4 is 0 Å². The van der Waals surface area contributed by atoms with E-state index in [0.717, 1.165) is 43.1 Å². The first-order valence-corrected chi connectivity index (χ1v) is 11.1. The highest BCUT2D eigenvalue weighted by molar-refractivity contribution is 7.71. The molecule has 1 aliphatic heterocycles. The van der Waals surface area contributed by atoms with Crippen molar-refractivity contribution in [1.82, 2.24) is 28.8 Å². The zero-order valence-electron chi connectivity index (χ0n) is 17.6. The van der Waals surface area contributed by atoms with Crippen LogP contribution >= 0.6 is 12.2 Å².